The molecule has 0 spiro atoms. The zero-order valence-corrected chi connectivity index (χ0v) is 16.8. The molecular formula is C21H15Cl3O4. The van der Waals surface area contributed by atoms with Crippen molar-refractivity contribution < 1.29 is 19.0 Å². The lowest BCUT2D eigenvalue weighted by atomic mass is 10.2. The van der Waals surface area contributed by atoms with Crippen LogP contribution in [-0.4, -0.2) is 12.6 Å². The van der Waals surface area contributed by atoms with Gasteiger partial charge in [-0.1, -0.05) is 65.1 Å². The molecule has 7 heteroatoms. The van der Waals surface area contributed by atoms with Crippen molar-refractivity contribution in [2.24, 2.45) is 0 Å². The van der Waals surface area contributed by atoms with Gasteiger partial charge in [-0.05, 0) is 35.9 Å². The minimum absolute atomic E-state index is 0.0866. The summed E-state index contributed by atoms with van der Waals surface area (Å²) in [4.78, 5) is 11.9. The largest absolute Gasteiger partial charge is 0.480 e. The van der Waals surface area contributed by atoms with Crippen LogP contribution in [0, 0.1) is 0 Å². The smallest absolute Gasteiger partial charge is 0.344 e. The van der Waals surface area contributed by atoms with Crippen molar-refractivity contribution in [1.29, 1.82) is 0 Å². The summed E-state index contributed by atoms with van der Waals surface area (Å²) in [5.41, 5.74) is 0.786. The highest BCUT2D eigenvalue weighted by molar-refractivity contribution is 6.43. The van der Waals surface area contributed by atoms with Crippen molar-refractivity contribution in [1.82, 2.24) is 0 Å². The molecule has 0 aliphatic carbocycles. The van der Waals surface area contributed by atoms with E-state index in [2.05, 4.69) is 0 Å². The maximum atomic E-state index is 11.9. The van der Waals surface area contributed by atoms with E-state index in [1.165, 1.54) is 12.1 Å². The lowest BCUT2D eigenvalue weighted by Crippen LogP contribution is -2.15. The van der Waals surface area contributed by atoms with Crippen LogP contribution in [0.2, 0.25) is 15.1 Å². The second-order valence-electron chi connectivity index (χ2n) is 5.71. The summed E-state index contributed by atoms with van der Waals surface area (Å²) in [6, 6.07) is 19.6. The van der Waals surface area contributed by atoms with E-state index in [1.807, 2.05) is 48.5 Å². The number of halogens is 3. The van der Waals surface area contributed by atoms with Gasteiger partial charge in [-0.3, -0.25) is 0 Å². The van der Waals surface area contributed by atoms with E-state index >= 15 is 0 Å². The highest BCUT2D eigenvalue weighted by Crippen LogP contribution is 2.33. The fourth-order valence-electron chi connectivity index (χ4n) is 2.28. The minimum atomic E-state index is -0.545. The Balaban J connectivity index is 1.52. The first kappa shape index (κ1) is 20.3. The van der Waals surface area contributed by atoms with Gasteiger partial charge in [0.05, 0.1) is 15.1 Å². The molecule has 28 heavy (non-hydrogen) atoms. The molecule has 3 aromatic carbocycles. The fraction of sp³-hybridized carbons (Fsp3) is 0.0952. The van der Waals surface area contributed by atoms with Crippen molar-refractivity contribution in [3.63, 3.8) is 0 Å². The van der Waals surface area contributed by atoms with Crippen molar-refractivity contribution >= 4 is 40.8 Å². The molecule has 0 bridgehead atoms. The summed E-state index contributed by atoms with van der Waals surface area (Å²) in [7, 11) is 0. The number of hydrogen-bond acceptors (Lipinski definition) is 4. The van der Waals surface area contributed by atoms with Gasteiger partial charge in [0.15, 0.2) is 6.61 Å². The summed E-state index contributed by atoms with van der Waals surface area (Å²) < 4.78 is 16.3. The molecule has 0 amide bonds. The molecule has 0 aliphatic heterocycles. The Labute approximate surface area is 177 Å². The number of carbonyl (C=O) groups excluding carboxylic acids is 1. The van der Waals surface area contributed by atoms with E-state index in [0.29, 0.717) is 10.8 Å². The molecule has 0 saturated carbocycles. The van der Waals surface area contributed by atoms with Crippen LogP contribution in [0.25, 0.3) is 0 Å². The van der Waals surface area contributed by atoms with Crippen LogP contribution >= 0.6 is 34.8 Å². The first-order chi connectivity index (χ1) is 13.5. The number of hydrogen-bond donors (Lipinski definition) is 0. The molecule has 0 aliphatic rings. The van der Waals surface area contributed by atoms with Gasteiger partial charge in [-0.15, -0.1) is 0 Å². The summed E-state index contributed by atoms with van der Waals surface area (Å²) >= 11 is 17.8. The van der Waals surface area contributed by atoms with E-state index in [9.17, 15) is 4.79 Å². The molecule has 0 atom stereocenters. The minimum Gasteiger partial charge on any atom is -0.480 e. The Kier molecular flexibility index (Phi) is 7.04. The van der Waals surface area contributed by atoms with Gasteiger partial charge in [-0.25, -0.2) is 4.79 Å². The average molecular weight is 438 g/mol. The summed E-state index contributed by atoms with van der Waals surface area (Å²) in [5.74, 6) is 1.09. The van der Waals surface area contributed by atoms with Crippen LogP contribution < -0.4 is 9.47 Å². The summed E-state index contributed by atoms with van der Waals surface area (Å²) in [6.07, 6.45) is 0. The molecule has 144 valence electrons. The number of rotatable bonds is 7. The van der Waals surface area contributed by atoms with Crippen LogP contribution in [-0.2, 0) is 16.1 Å². The normalized spacial score (nSPS) is 10.4. The van der Waals surface area contributed by atoms with Crippen LogP contribution in [0.1, 0.15) is 5.56 Å². The van der Waals surface area contributed by atoms with E-state index in [1.54, 1.807) is 6.07 Å². The van der Waals surface area contributed by atoms with Gasteiger partial charge in [0, 0.05) is 6.07 Å². The first-order valence-corrected chi connectivity index (χ1v) is 9.39. The maximum Gasteiger partial charge on any atom is 0.344 e. The standard InChI is InChI=1S/C21H15Cl3O4/c22-17-10-19(24)20(11-18(17)23)26-13-21(25)27-12-14-5-4-8-16(9-14)28-15-6-2-1-3-7-15/h1-11H,12-13H2. The van der Waals surface area contributed by atoms with Gasteiger partial charge in [0.25, 0.3) is 0 Å². The Morgan fingerprint density at radius 1 is 0.786 bits per heavy atom. The zero-order chi connectivity index (χ0) is 19.9. The van der Waals surface area contributed by atoms with Crippen molar-refractivity contribution in [3.05, 3.63) is 87.4 Å². The number of para-hydroxylation sites is 1. The van der Waals surface area contributed by atoms with Crippen LogP contribution in [0.4, 0.5) is 0 Å². The molecule has 0 N–H and O–H groups in total. The summed E-state index contributed by atoms with van der Waals surface area (Å²) in [5, 5.41) is 0.844. The highest BCUT2D eigenvalue weighted by atomic mass is 35.5. The van der Waals surface area contributed by atoms with Gasteiger partial charge in [0.2, 0.25) is 0 Å². The topological polar surface area (TPSA) is 44.8 Å². The zero-order valence-electron chi connectivity index (χ0n) is 14.5. The molecule has 0 radical (unpaired) electrons. The van der Waals surface area contributed by atoms with Crippen molar-refractivity contribution in [3.8, 4) is 17.2 Å². The number of esters is 1. The number of benzene rings is 3. The van der Waals surface area contributed by atoms with Gasteiger partial charge in [0.1, 0.15) is 23.9 Å². The second-order valence-corrected chi connectivity index (χ2v) is 6.93. The van der Waals surface area contributed by atoms with E-state index < -0.39 is 5.97 Å². The third-order valence-corrected chi connectivity index (χ3v) is 4.62. The molecule has 0 aromatic heterocycles. The molecule has 0 fully saturated rings. The Morgan fingerprint density at radius 2 is 1.50 bits per heavy atom. The molecule has 3 aromatic rings. The van der Waals surface area contributed by atoms with Crippen molar-refractivity contribution in [2.75, 3.05) is 6.61 Å². The Hall–Kier alpha value is -2.40. The lowest BCUT2D eigenvalue weighted by molar-refractivity contribution is -0.147. The van der Waals surface area contributed by atoms with Crippen LogP contribution in [0.15, 0.2) is 66.7 Å². The highest BCUT2D eigenvalue weighted by Gasteiger charge is 2.11. The van der Waals surface area contributed by atoms with Gasteiger partial charge in [-0.2, -0.15) is 0 Å². The molecule has 4 nitrogen and oxygen atoms in total. The Morgan fingerprint density at radius 3 is 2.29 bits per heavy atom. The predicted molar refractivity (Wildman–Crippen MR) is 110 cm³/mol. The molecular weight excluding hydrogens is 423 g/mol. The Bertz CT molecular complexity index is 961. The quantitative estimate of drug-likeness (QED) is 0.310. The average Bonchev–Trinajstić information content (AvgIpc) is 2.69. The molecule has 3 rings (SSSR count). The maximum absolute atomic E-state index is 11.9. The van der Waals surface area contributed by atoms with Crippen LogP contribution in [0.5, 0.6) is 17.2 Å². The third kappa shape index (κ3) is 5.80. The predicted octanol–water partition coefficient (Wildman–Crippen LogP) is 6.56. The second kappa shape index (κ2) is 9.69. The number of ether oxygens (including phenoxy) is 3. The SMILES string of the molecule is O=C(COc1cc(Cl)c(Cl)cc1Cl)OCc1cccc(Oc2ccccc2)c1. The molecule has 0 unspecified atom stereocenters. The van der Waals surface area contributed by atoms with Gasteiger partial charge < -0.3 is 14.2 Å². The van der Waals surface area contributed by atoms with E-state index in [0.717, 1.165) is 11.3 Å². The van der Waals surface area contributed by atoms with Gasteiger partial charge >= 0.3 is 5.97 Å². The first-order valence-electron chi connectivity index (χ1n) is 8.26. The monoisotopic (exact) mass is 436 g/mol. The van der Waals surface area contributed by atoms with E-state index in [-0.39, 0.29) is 29.0 Å². The third-order valence-electron chi connectivity index (χ3n) is 3.60. The van der Waals surface area contributed by atoms with E-state index in [4.69, 9.17) is 49.0 Å². The van der Waals surface area contributed by atoms with Crippen LogP contribution in [0.3, 0.4) is 0 Å². The molecule has 0 heterocycles. The number of carbonyl (C=O) groups is 1. The summed E-state index contributed by atoms with van der Waals surface area (Å²) in [6.45, 7) is -0.221. The van der Waals surface area contributed by atoms with Crippen molar-refractivity contribution in [2.45, 2.75) is 6.61 Å². The lowest BCUT2D eigenvalue weighted by Gasteiger charge is -2.10. The molecule has 0 saturated heterocycles. The fourth-order valence-corrected chi connectivity index (χ4v) is 2.87.